The van der Waals surface area contributed by atoms with Crippen molar-refractivity contribution in [1.29, 1.82) is 0 Å². The molecule has 0 saturated carbocycles. The lowest BCUT2D eigenvalue weighted by molar-refractivity contribution is 0.134. The molecule has 3 rings (SSSR count). The van der Waals surface area contributed by atoms with Gasteiger partial charge in [0.1, 0.15) is 0 Å². The van der Waals surface area contributed by atoms with Crippen LogP contribution >= 0.6 is 0 Å². The van der Waals surface area contributed by atoms with Crippen LogP contribution in [0.3, 0.4) is 0 Å². The summed E-state index contributed by atoms with van der Waals surface area (Å²) < 4.78 is 26.7. The molecule has 0 spiro atoms. The Bertz CT molecular complexity index is 989. The number of rotatable bonds is 7. The van der Waals surface area contributed by atoms with Gasteiger partial charge >= 0.3 is 6.03 Å². The zero-order valence-corrected chi connectivity index (χ0v) is 19.4. The number of likely N-dealkylation sites (tertiary alicyclic amines) is 1. The summed E-state index contributed by atoms with van der Waals surface area (Å²) in [7, 11) is -3.37. The van der Waals surface area contributed by atoms with Gasteiger partial charge in [0.15, 0.2) is 0 Å². The van der Waals surface area contributed by atoms with E-state index < -0.39 is 10.0 Å². The Balaban J connectivity index is 1.82. The zero-order chi connectivity index (χ0) is 22.4. The molecule has 1 aliphatic heterocycles. The smallest absolute Gasteiger partial charge is 0.317 e. The van der Waals surface area contributed by atoms with Crippen LogP contribution < -0.4 is 10.0 Å². The van der Waals surface area contributed by atoms with Crippen LogP contribution in [0.4, 0.5) is 4.79 Å². The lowest BCUT2D eigenvalue weighted by atomic mass is 9.90. The molecule has 2 amide bonds. The Labute approximate surface area is 186 Å². The Morgan fingerprint density at radius 2 is 1.81 bits per heavy atom. The highest BCUT2D eigenvalue weighted by molar-refractivity contribution is 7.88. The van der Waals surface area contributed by atoms with E-state index >= 15 is 0 Å². The van der Waals surface area contributed by atoms with Crippen LogP contribution in [0.5, 0.6) is 0 Å². The molecule has 0 aromatic heterocycles. The topological polar surface area (TPSA) is 78.5 Å². The molecule has 0 radical (unpaired) electrons. The summed E-state index contributed by atoms with van der Waals surface area (Å²) >= 11 is 0. The van der Waals surface area contributed by atoms with Gasteiger partial charge in [0, 0.05) is 19.1 Å². The SMILES string of the molecule is CCNC(=O)N1CCCC(NS(C)(=O)=O)C1Cc1cccc(Cc2ccc(C)cc2)c1. The van der Waals surface area contributed by atoms with E-state index in [1.54, 1.807) is 4.90 Å². The third-order valence-electron chi connectivity index (χ3n) is 5.70. The van der Waals surface area contributed by atoms with Gasteiger partial charge in [-0.1, -0.05) is 54.1 Å². The fourth-order valence-corrected chi connectivity index (χ4v) is 5.10. The van der Waals surface area contributed by atoms with Crippen LogP contribution in [0.2, 0.25) is 0 Å². The molecule has 31 heavy (non-hydrogen) atoms. The quantitative estimate of drug-likeness (QED) is 0.690. The van der Waals surface area contributed by atoms with Gasteiger partial charge in [-0.25, -0.2) is 17.9 Å². The molecule has 2 unspecified atom stereocenters. The predicted octanol–water partition coefficient (Wildman–Crippen LogP) is 3.24. The molecular weight excluding hydrogens is 410 g/mol. The first-order valence-electron chi connectivity index (χ1n) is 10.9. The third kappa shape index (κ3) is 6.80. The van der Waals surface area contributed by atoms with Gasteiger partial charge < -0.3 is 10.2 Å². The maximum Gasteiger partial charge on any atom is 0.317 e. The summed E-state index contributed by atoms with van der Waals surface area (Å²) in [5.41, 5.74) is 4.80. The first-order valence-corrected chi connectivity index (χ1v) is 12.8. The van der Waals surface area contributed by atoms with Crippen LogP contribution in [0, 0.1) is 6.92 Å². The standard InChI is InChI=1S/C24H33N3O3S/c1-4-25-24(28)27-14-6-9-22(26-31(3,29)30)23(27)17-21-8-5-7-20(16-21)15-19-12-10-18(2)11-13-19/h5,7-8,10-13,16,22-23,26H,4,6,9,14-15,17H2,1-3H3,(H,25,28). The molecule has 1 fully saturated rings. The maximum absolute atomic E-state index is 12.7. The highest BCUT2D eigenvalue weighted by Gasteiger charge is 2.35. The van der Waals surface area contributed by atoms with Gasteiger partial charge in [-0.15, -0.1) is 0 Å². The van der Waals surface area contributed by atoms with Gasteiger partial charge in [-0.3, -0.25) is 0 Å². The van der Waals surface area contributed by atoms with Crippen LogP contribution in [-0.4, -0.2) is 50.8 Å². The number of hydrogen-bond acceptors (Lipinski definition) is 3. The fourth-order valence-electron chi connectivity index (χ4n) is 4.28. The van der Waals surface area contributed by atoms with Crippen LogP contribution in [0.1, 0.15) is 42.0 Å². The molecule has 2 aromatic rings. The van der Waals surface area contributed by atoms with E-state index in [1.165, 1.54) is 22.9 Å². The fraction of sp³-hybridized carbons (Fsp3) is 0.458. The number of benzene rings is 2. The average Bonchev–Trinajstić information content (AvgIpc) is 2.70. The van der Waals surface area contributed by atoms with Crippen LogP contribution in [0.15, 0.2) is 48.5 Å². The van der Waals surface area contributed by atoms with E-state index in [4.69, 9.17) is 0 Å². The van der Waals surface area contributed by atoms with E-state index in [9.17, 15) is 13.2 Å². The van der Waals surface area contributed by atoms with Crippen molar-refractivity contribution >= 4 is 16.1 Å². The number of nitrogens with zero attached hydrogens (tertiary/aromatic N) is 1. The van der Waals surface area contributed by atoms with Crippen molar-refractivity contribution in [2.45, 2.75) is 51.6 Å². The first kappa shape index (κ1) is 23.3. The number of hydrogen-bond donors (Lipinski definition) is 2. The van der Waals surface area contributed by atoms with Gasteiger partial charge in [0.05, 0.1) is 12.3 Å². The lowest BCUT2D eigenvalue weighted by Gasteiger charge is -2.41. The number of nitrogens with one attached hydrogen (secondary N) is 2. The maximum atomic E-state index is 12.7. The summed E-state index contributed by atoms with van der Waals surface area (Å²) in [5.74, 6) is 0. The second kappa shape index (κ2) is 10.3. The van der Waals surface area contributed by atoms with E-state index in [1.807, 2.05) is 13.0 Å². The van der Waals surface area contributed by atoms with Crippen molar-refractivity contribution in [2.24, 2.45) is 0 Å². The predicted molar refractivity (Wildman–Crippen MR) is 125 cm³/mol. The molecule has 6 nitrogen and oxygen atoms in total. The summed E-state index contributed by atoms with van der Waals surface area (Å²) in [5, 5.41) is 2.87. The normalized spacial score (nSPS) is 19.3. The number of amides is 2. The largest absolute Gasteiger partial charge is 0.338 e. The molecule has 0 aliphatic carbocycles. The van der Waals surface area contributed by atoms with E-state index in [0.29, 0.717) is 19.5 Å². The second-order valence-corrected chi connectivity index (χ2v) is 10.2. The number of carbonyl (C=O) groups is 1. The van der Waals surface area contributed by atoms with Crippen LogP contribution in [0.25, 0.3) is 0 Å². The minimum Gasteiger partial charge on any atom is -0.338 e. The third-order valence-corrected chi connectivity index (χ3v) is 6.43. The molecule has 168 valence electrons. The minimum atomic E-state index is -3.37. The Hall–Kier alpha value is -2.38. The van der Waals surface area contributed by atoms with Crippen molar-refractivity contribution in [3.8, 4) is 0 Å². The number of piperidine rings is 1. The summed E-state index contributed by atoms with van der Waals surface area (Å²) in [6.45, 7) is 5.13. The highest BCUT2D eigenvalue weighted by atomic mass is 32.2. The van der Waals surface area contributed by atoms with Gasteiger partial charge in [-0.2, -0.15) is 0 Å². The number of carbonyl (C=O) groups excluding carboxylic acids is 1. The Morgan fingerprint density at radius 1 is 1.10 bits per heavy atom. The molecule has 2 atom stereocenters. The van der Waals surface area contributed by atoms with Crippen molar-refractivity contribution in [1.82, 2.24) is 14.9 Å². The summed E-state index contributed by atoms with van der Waals surface area (Å²) in [6.07, 6.45) is 4.11. The summed E-state index contributed by atoms with van der Waals surface area (Å²) in [6, 6.07) is 16.2. The molecule has 1 saturated heterocycles. The van der Waals surface area contributed by atoms with E-state index in [-0.39, 0.29) is 18.1 Å². The lowest BCUT2D eigenvalue weighted by Crippen LogP contribution is -2.59. The first-order chi connectivity index (χ1) is 14.7. The van der Waals surface area contributed by atoms with Gasteiger partial charge in [-0.05, 0) is 56.2 Å². The number of aryl methyl sites for hydroxylation is 1. The molecule has 1 heterocycles. The average molecular weight is 444 g/mol. The minimum absolute atomic E-state index is 0.136. The Kier molecular flexibility index (Phi) is 7.73. The van der Waals surface area contributed by atoms with Crippen molar-refractivity contribution in [3.63, 3.8) is 0 Å². The van der Waals surface area contributed by atoms with Crippen molar-refractivity contribution in [3.05, 3.63) is 70.8 Å². The molecule has 0 bridgehead atoms. The number of urea groups is 1. The highest BCUT2D eigenvalue weighted by Crippen LogP contribution is 2.23. The zero-order valence-electron chi connectivity index (χ0n) is 18.6. The molecule has 2 aromatic carbocycles. The van der Waals surface area contributed by atoms with Gasteiger partial charge in [0.2, 0.25) is 10.0 Å². The summed E-state index contributed by atoms with van der Waals surface area (Å²) in [4.78, 5) is 14.5. The van der Waals surface area contributed by atoms with Crippen molar-refractivity contribution in [2.75, 3.05) is 19.3 Å². The van der Waals surface area contributed by atoms with E-state index in [2.05, 4.69) is 59.4 Å². The molecule has 1 aliphatic rings. The molecule has 2 N–H and O–H groups in total. The molecular formula is C24H33N3O3S. The van der Waals surface area contributed by atoms with Gasteiger partial charge in [0.25, 0.3) is 0 Å². The monoisotopic (exact) mass is 443 g/mol. The van der Waals surface area contributed by atoms with Crippen LogP contribution in [-0.2, 0) is 22.9 Å². The molecule has 7 heteroatoms. The second-order valence-electron chi connectivity index (χ2n) is 8.42. The van der Waals surface area contributed by atoms with E-state index in [0.717, 1.165) is 24.8 Å². The number of sulfonamides is 1. The van der Waals surface area contributed by atoms with Crippen molar-refractivity contribution < 1.29 is 13.2 Å². The Morgan fingerprint density at radius 3 is 2.48 bits per heavy atom.